The Morgan fingerprint density at radius 1 is 0.912 bits per heavy atom. The van der Waals surface area contributed by atoms with Gasteiger partial charge in [-0.3, -0.25) is 14.6 Å². The van der Waals surface area contributed by atoms with Crippen molar-refractivity contribution in [3.05, 3.63) is 107 Å². The van der Waals surface area contributed by atoms with Gasteiger partial charge in [-0.05, 0) is 37.1 Å². The monoisotopic (exact) mass is 451 g/mol. The van der Waals surface area contributed by atoms with Crippen LogP contribution in [-0.4, -0.2) is 24.1 Å². The Hall–Kier alpha value is -3.99. The van der Waals surface area contributed by atoms with E-state index in [0.717, 1.165) is 22.4 Å². The molecule has 5 heteroatoms. The highest BCUT2D eigenvalue weighted by atomic mass is 16.5. The molecule has 170 valence electrons. The molecule has 3 aromatic carbocycles. The summed E-state index contributed by atoms with van der Waals surface area (Å²) in [6, 6.07) is 25.1. The molecule has 0 spiro atoms. The topological polar surface area (TPSA) is 65.0 Å². The quantitative estimate of drug-likeness (QED) is 0.457. The number of carbonyl (C=O) groups excluding carboxylic acids is 2. The van der Waals surface area contributed by atoms with Crippen LogP contribution in [0.3, 0.4) is 0 Å². The number of benzene rings is 3. The Labute approximate surface area is 198 Å². The minimum absolute atomic E-state index is 0.0782. The molecule has 0 bridgehead atoms. The van der Waals surface area contributed by atoms with E-state index >= 15 is 0 Å². The van der Waals surface area contributed by atoms with E-state index in [0.29, 0.717) is 29.2 Å². The zero-order valence-corrected chi connectivity index (χ0v) is 19.2. The van der Waals surface area contributed by atoms with Crippen LogP contribution in [0.2, 0.25) is 0 Å². The number of carbonyl (C=O) groups is 2. The number of aliphatic imine (C=N–C) groups is 1. The molecular weight excluding hydrogens is 426 g/mol. The molecule has 0 radical (unpaired) electrons. The fourth-order valence-corrected chi connectivity index (χ4v) is 4.76. The lowest BCUT2D eigenvalue weighted by Crippen LogP contribution is -2.35. The lowest BCUT2D eigenvalue weighted by molar-refractivity contribution is -0.145. The van der Waals surface area contributed by atoms with E-state index in [4.69, 9.17) is 14.5 Å². The number of Topliss-reactive ketones (excluding diaryl/α,β-unsaturated/α-hetero) is 1. The molecule has 0 aromatic heterocycles. The van der Waals surface area contributed by atoms with Crippen LogP contribution in [0.5, 0.6) is 5.75 Å². The highest BCUT2D eigenvalue weighted by molar-refractivity contribution is 6.24. The second-order valence-corrected chi connectivity index (χ2v) is 8.44. The summed E-state index contributed by atoms with van der Waals surface area (Å²) in [5.41, 5.74) is 5.25. The predicted molar refractivity (Wildman–Crippen MR) is 131 cm³/mol. The molecule has 1 heterocycles. The van der Waals surface area contributed by atoms with Gasteiger partial charge in [0.05, 0.1) is 12.3 Å². The number of hydrogen-bond donors (Lipinski definition) is 0. The van der Waals surface area contributed by atoms with Crippen LogP contribution >= 0.6 is 0 Å². The van der Waals surface area contributed by atoms with Crippen LogP contribution in [0.1, 0.15) is 46.8 Å². The molecule has 2 atom stereocenters. The van der Waals surface area contributed by atoms with Gasteiger partial charge in [-0.1, -0.05) is 66.7 Å². The molecule has 34 heavy (non-hydrogen) atoms. The van der Waals surface area contributed by atoms with Crippen molar-refractivity contribution >= 4 is 23.2 Å². The van der Waals surface area contributed by atoms with Gasteiger partial charge >= 0.3 is 5.97 Å². The normalized spacial score (nSPS) is 18.8. The highest BCUT2D eigenvalue weighted by Crippen LogP contribution is 2.48. The van der Waals surface area contributed by atoms with Crippen LogP contribution in [0.4, 0.5) is 0 Å². The molecule has 2 aliphatic rings. The smallest absolute Gasteiger partial charge is 0.315 e. The van der Waals surface area contributed by atoms with Crippen LogP contribution in [-0.2, 0) is 16.1 Å². The van der Waals surface area contributed by atoms with E-state index in [-0.39, 0.29) is 18.4 Å². The van der Waals surface area contributed by atoms with Crippen molar-refractivity contribution in [1.82, 2.24) is 0 Å². The Morgan fingerprint density at radius 2 is 1.59 bits per heavy atom. The Morgan fingerprint density at radius 3 is 2.29 bits per heavy atom. The van der Waals surface area contributed by atoms with Gasteiger partial charge in [-0.15, -0.1) is 0 Å². The van der Waals surface area contributed by atoms with E-state index in [1.807, 2.05) is 85.8 Å². The fourth-order valence-electron chi connectivity index (χ4n) is 4.76. The summed E-state index contributed by atoms with van der Waals surface area (Å²) in [5, 5.41) is 0. The predicted octanol–water partition coefficient (Wildman–Crippen LogP) is 5.61. The Bertz CT molecular complexity index is 1310. The lowest BCUT2D eigenvalue weighted by atomic mass is 9.75. The van der Waals surface area contributed by atoms with Crippen molar-refractivity contribution in [2.75, 3.05) is 6.61 Å². The first-order valence-corrected chi connectivity index (χ1v) is 11.4. The van der Waals surface area contributed by atoms with Crippen molar-refractivity contribution in [3.63, 3.8) is 0 Å². The molecule has 0 saturated heterocycles. The average molecular weight is 452 g/mol. The molecule has 5 rings (SSSR count). The SMILES string of the molecule is CCOC(=O)C1C(C)=NC2=C(C(=O)c3ccccc32)[C@H]1c1ccc(OCc2ccccc2)cc1. The fraction of sp³-hybridized carbons (Fsp3) is 0.207. The van der Waals surface area contributed by atoms with Gasteiger partial charge in [-0.2, -0.15) is 0 Å². The van der Waals surface area contributed by atoms with Crippen LogP contribution < -0.4 is 4.74 Å². The zero-order valence-electron chi connectivity index (χ0n) is 19.2. The second-order valence-electron chi connectivity index (χ2n) is 8.44. The standard InChI is InChI=1S/C29H25NO4/c1-3-33-29(32)24-18(2)30-27-22-11-7-8-12-23(22)28(31)26(27)25(24)20-13-15-21(16-14-20)34-17-19-9-5-4-6-10-19/h4-16,24-25H,3,17H2,1-2H3/t24?,25-/m0/s1. The number of allylic oxidation sites excluding steroid dienone is 1. The van der Waals surface area contributed by atoms with Gasteiger partial charge < -0.3 is 9.47 Å². The van der Waals surface area contributed by atoms with Gasteiger partial charge in [0, 0.05) is 28.3 Å². The third-order valence-electron chi connectivity index (χ3n) is 6.34. The minimum atomic E-state index is -0.659. The highest BCUT2D eigenvalue weighted by Gasteiger charge is 2.46. The molecule has 0 saturated carbocycles. The van der Waals surface area contributed by atoms with Crippen LogP contribution in [0.15, 0.2) is 89.4 Å². The molecule has 1 unspecified atom stereocenters. The van der Waals surface area contributed by atoms with E-state index in [1.165, 1.54) is 0 Å². The summed E-state index contributed by atoms with van der Waals surface area (Å²) in [7, 11) is 0. The van der Waals surface area contributed by atoms with E-state index in [1.54, 1.807) is 6.92 Å². The average Bonchev–Trinajstić information content (AvgIpc) is 3.14. The number of nitrogens with zero attached hydrogens (tertiary/aromatic N) is 1. The first kappa shape index (κ1) is 21.8. The van der Waals surface area contributed by atoms with E-state index in [9.17, 15) is 9.59 Å². The minimum Gasteiger partial charge on any atom is -0.489 e. The van der Waals surface area contributed by atoms with Gasteiger partial charge in [0.2, 0.25) is 0 Å². The van der Waals surface area contributed by atoms with Gasteiger partial charge in [-0.25, -0.2) is 0 Å². The third-order valence-corrected chi connectivity index (χ3v) is 6.34. The lowest BCUT2D eigenvalue weighted by Gasteiger charge is -2.30. The molecular formula is C29H25NO4. The van der Waals surface area contributed by atoms with Gasteiger partial charge in [0.15, 0.2) is 5.78 Å². The number of ketones is 1. The van der Waals surface area contributed by atoms with Crippen molar-refractivity contribution in [3.8, 4) is 5.75 Å². The van der Waals surface area contributed by atoms with Crippen molar-refractivity contribution < 1.29 is 19.1 Å². The molecule has 1 aliphatic heterocycles. The van der Waals surface area contributed by atoms with Crippen LogP contribution in [0.25, 0.3) is 5.70 Å². The summed E-state index contributed by atoms with van der Waals surface area (Å²) in [6.07, 6.45) is 0. The summed E-state index contributed by atoms with van der Waals surface area (Å²) < 4.78 is 11.3. The first-order valence-electron chi connectivity index (χ1n) is 11.4. The third kappa shape index (κ3) is 3.83. The maximum atomic E-state index is 13.5. The molecule has 0 N–H and O–H groups in total. The molecule has 0 amide bonds. The summed E-state index contributed by atoms with van der Waals surface area (Å²) >= 11 is 0. The maximum Gasteiger partial charge on any atom is 0.315 e. The Balaban J connectivity index is 1.51. The van der Waals surface area contributed by atoms with Crippen molar-refractivity contribution in [2.45, 2.75) is 26.4 Å². The summed E-state index contributed by atoms with van der Waals surface area (Å²) in [4.78, 5) is 31.2. The number of esters is 1. The Kier molecular flexibility index (Phi) is 5.84. The number of hydrogen-bond acceptors (Lipinski definition) is 5. The van der Waals surface area contributed by atoms with E-state index in [2.05, 4.69) is 0 Å². The molecule has 1 aliphatic carbocycles. The van der Waals surface area contributed by atoms with Crippen LogP contribution in [0, 0.1) is 5.92 Å². The number of rotatable bonds is 6. The van der Waals surface area contributed by atoms with Crippen molar-refractivity contribution in [1.29, 1.82) is 0 Å². The zero-order chi connectivity index (χ0) is 23.7. The van der Waals surface area contributed by atoms with Gasteiger partial charge in [0.25, 0.3) is 0 Å². The maximum absolute atomic E-state index is 13.5. The second kappa shape index (κ2) is 9.10. The van der Waals surface area contributed by atoms with Crippen molar-refractivity contribution in [2.24, 2.45) is 10.9 Å². The molecule has 5 nitrogen and oxygen atoms in total. The molecule has 0 fully saturated rings. The van der Waals surface area contributed by atoms with E-state index < -0.39 is 11.8 Å². The van der Waals surface area contributed by atoms with Gasteiger partial charge in [0.1, 0.15) is 18.3 Å². The number of ether oxygens (including phenoxy) is 2. The number of fused-ring (bicyclic) bond motifs is 2. The molecule has 3 aromatic rings. The first-order chi connectivity index (χ1) is 16.6. The summed E-state index contributed by atoms with van der Waals surface area (Å²) in [6.45, 7) is 4.34. The largest absolute Gasteiger partial charge is 0.489 e. The summed E-state index contributed by atoms with van der Waals surface area (Å²) in [5.74, 6) is -0.863.